The Balaban J connectivity index is 2.09. The molecular weight excluding hydrogens is 431 g/mol. The Labute approximate surface area is 161 Å². The van der Waals surface area contributed by atoms with Crippen molar-refractivity contribution in [2.24, 2.45) is 0 Å². The lowest BCUT2D eigenvalue weighted by Crippen LogP contribution is -2.44. The van der Waals surface area contributed by atoms with E-state index in [0.717, 1.165) is 28.7 Å². The van der Waals surface area contributed by atoms with E-state index < -0.39 is 35.8 Å². The topological polar surface area (TPSA) is 86.6 Å². The molecule has 0 bridgehead atoms. The van der Waals surface area contributed by atoms with E-state index >= 15 is 0 Å². The molecule has 2 atom stereocenters. The number of aliphatic carboxylic acids is 1. The highest BCUT2D eigenvalue weighted by Crippen LogP contribution is 2.30. The van der Waals surface area contributed by atoms with Crippen LogP contribution in [-0.2, 0) is 22.2 Å². The van der Waals surface area contributed by atoms with E-state index in [1.165, 1.54) is 0 Å². The molecule has 1 amide bonds. The Kier molecular flexibility index (Phi) is 6.61. The van der Waals surface area contributed by atoms with E-state index in [1.54, 1.807) is 24.3 Å². The number of alkyl halides is 3. The minimum absolute atomic E-state index is 0.0275. The van der Waals surface area contributed by atoms with Crippen molar-refractivity contribution in [3.63, 3.8) is 0 Å². The number of rotatable bonds is 6. The first kappa shape index (κ1) is 20.9. The lowest BCUT2D eigenvalue weighted by atomic mass is 10.0. The fourth-order valence-electron chi connectivity index (χ4n) is 2.36. The number of carboxylic acids is 1. The number of carbonyl (C=O) groups excluding carboxylic acids is 1. The molecule has 5 nitrogen and oxygen atoms in total. The molecule has 0 spiro atoms. The number of hydrogen-bond acceptors (Lipinski definition) is 3. The summed E-state index contributed by atoms with van der Waals surface area (Å²) in [7, 11) is 0. The molecule has 27 heavy (non-hydrogen) atoms. The first-order chi connectivity index (χ1) is 12.6. The van der Waals surface area contributed by atoms with Crippen molar-refractivity contribution in [3.8, 4) is 0 Å². The third-order valence-electron chi connectivity index (χ3n) is 3.75. The molecule has 0 radical (unpaired) electrons. The summed E-state index contributed by atoms with van der Waals surface area (Å²) in [5, 5.41) is 21.5. The largest absolute Gasteiger partial charge is 0.480 e. The maximum atomic E-state index is 12.6. The average Bonchev–Trinajstić information content (AvgIpc) is 2.59. The zero-order valence-electron chi connectivity index (χ0n) is 13.7. The Bertz CT molecular complexity index is 824. The highest BCUT2D eigenvalue weighted by molar-refractivity contribution is 9.10. The Hall–Kier alpha value is -2.39. The molecule has 0 aliphatic rings. The minimum atomic E-state index is -4.54. The van der Waals surface area contributed by atoms with Crippen LogP contribution in [0.3, 0.4) is 0 Å². The lowest BCUT2D eigenvalue weighted by molar-refractivity contribution is -0.143. The van der Waals surface area contributed by atoms with Gasteiger partial charge in [-0.3, -0.25) is 4.79 Å². The van der Waals surface area contributed by atoms with E-state index in [2.05, 4.69) is 21.2 Å². The summed E-state index contributed by atoms with van der Waals surface area (Å²) >= 11 is 3.26. The van der Waals surface area contributed by atoms with Crippen molar-refractivity contribution in [1.29, 1.82) is 0 Å². The van der Waals surface area contributed by atoms with E-state index in [4.69, 9.17) is 0 Å². The van der Waals surface area contributed by atoms with E-state index in [0.29, 0.717) is 5.56 Å². The molecule has 0 aliphatic carbocycles. The van der Waals surface area contributed by atoms with Gasteiger partial charge in [0.15, 0.2) is 6.10 Å². The standard InChI is InChI=1S/C18H15BrF3NO4/c19-13-3-1-2-10(8-13)9-14(17(26)27)23-16(25)15(24)11-4-6-12(7-5-11)18(20,21)22/h1-8,14-15,24H,9H2,(H,23,25)(H,26,27)/t14-,15-/m0/s1. The van der Waals surface area contributed by atoms with Crippen LogP contribution in [0.4, 0.5) is 13.2 Å². The highest BCUT2D eigenvalue weighted by Gasteiger charge is 2.31. The Morgan fingerprint density at radius 1 is 1.11 bits per heavy atom. The molecule has 0 fully saturated rings. The third kappa shape index (κ3) is 5.80. The van der Waals surface area contributed by atoms with Gasteiger partial charge in [0.05, 0.1) is 5.56 Å². The number of carbonyl (C=O) groups is 2. The van der Waals surface area contributed by atoms with Gasteiger partial charge in [0.2, 0.25) is 0 Å². The van der Waals surface area contributed by atoms with Gasteiger partial charge in [-0.15, -0.1) is 0 Å². The molecule has 0 aliphatic heterocycles. The zero-order chi connectivity index (χ0) is 20.2. The number of amides is 1. The minimum Gasteiger partial charge on any atom is -0.480 e. The summed E-state index contributed by atoms with van der Waals surface area (Å²) in [6.45, 7) is 0. The fraction of sp³-hybridized carbons (Fsp3) is 0.222. The predicted octanol–water partition coefficient (Wildman–Crippen LogP) is 3.31. The summed E-state index contributed by atoms with van der Waals surface area (Å²) in [6, 6.07) is 8.94. The Morgan fingerprint density at radius 3 is 2.26 bits per heavy atom. The molecule has 0 unspecified atom stereocenters. The quantitative estimate of drug-likeness (QED) is 0.636. The number of aliphatic hydroxyl groups excluding tert-OH is 1. The van der Waals surface area contributed by atoms with Crippen molar-refractivity contribution in [1.82, 2.24) is 5.32 Å². The number of aliphatic hydroxyl groups is 1. The van der Waals surface area contributed by atoms with Crippen LogP contribution in [0.5, 0.6) is 0 Å². The van der Waals surface area contributed by atoms with Crippen LogP contribution in [0.2, 0.25) is 0 Å². The van der Waals surface area contributed by atoms with E-state index in [9.17, 15) is 33.0 Å². The zero-order valence-corrected chi connectivity index (χ0v) is 15.3. The monoisotopic (exact) mass is 445 g/mol. The summed E-state index contributed by atoms with van der Waals surface area (Å²) < 4.78 is 38.4. The number of carboxylic acid groups (broad SMARTS) is 1. The summed E-state index contributed by atoms with van der Waals surface area (Å²) in [4.78, 5) is 23.5. The molecule has 2 aromatic carbocycles. The fourth-order valence-corrected chi connectivity index (χ4v) is 2.80. The molecule has 0 saturated carbocycles. The number of hydrogen-bond donors (Lipinski definition) is 3. The van der Waals surface area contributed by atoms with Gasteiger partial charge < -0.3 is 15.5 Å². The van der Waals surface area contributed by atoms with E-state index in [-0.39, 0.29) is 12.0 Å². The smallest absolute Gasteiger partial charge is 0.416 e. The number of benzene rings is 2. The van der Waals surface area contributed by atoms with E-state index in [1.807, 2.05) is 0 Å². The first-order valence-electron chi connectivity index (χ1n) is 7.71. The molecule has 2 rings (SSSR count). The van der Waals surface area contributed by atoms with Crippen molar-refractivity contribution < 1.29 is 33.0 Å². The third-order valence-corrected chi connectivity index (χ3v) is 4.24. The second-order valence-corrected chi connectivity index (χ2v) is 6.67. The maximum absolute atomic E-state index is 12.6. The van der Waals surface area contributed by atoms with Crippen LogP contribution < -0.4 is 5.32 Å². The summed E-state index contributed by atoms with van der Waals surface area (Å²) in [5.41, 5.74) is -0.356. The average molecular weight is 446 g/mol. The van der Waals surface area contributed by atoms with Crippen LogP contribution in [0.25, 0.3) is 0 Å². The SMILES string of the molecule is O=C(O)[C@H](Cc1cccc(Br)c1)NC(=O)[C@@H](O)c1ccc(C(F)(F)F)cc1. The highest BCUT2D eigenvalue weighted by atomic mass is 79.9. The van der Waals surface area contributed by atoms with Gasteiger partial charge in [-0.25, -0.2) is 4.79 Å². The molecule has 144 valence electrons. The van der Waals surface area contributed by atoms with Crippen LogP contribution >= 0.6 is 15.9 Å². The molecule has 9 heteroatoms. The lowest BCUT2D eigenvalue weighted by Gasteiger charge is -2.18. The van der Waals surface area contributed by atoms with Gasteiger partial charge in [0.1, 0.15) is 6.04 Å². The predicted molar refractivity (Wildman–Crippen MR) is 93.8 cm³/mol. The van der Waals surface area contributed by atoms with Gasteiger partial charge in [-0.1, -0.05) is 40.2 Å². The van der Waals surface area contributed by atoms with Crippen LogP contribution in [0.15, 0.2) is 53.0 Å². The van der Waals surface area contributed by atoms with Gasteiger partial charge in [-0.2, -0.15) is 13.2 Å². The van der Waals surface area contributed by atoms with Crippen molar-refractivity contribution >= 4 is 27.8 Å². The molecule has 0 aromatic heterocycles. The van der Waals surface area contributed by atoms with Gasteiger partial charge in [0, 0.05) is 10.9 Å². The molecule has 2 aromatic rings. The molecular formula is C18H15BrF3NO4. The summed E-state index contributed by atoms with van der Waals surface area (Å²) in [6.07, 6.45) is -6.36. The normalized spacial score (nSPS) is 13.7. The van der Waals surface area contributed by atoms with Crippen molar-refractivity contribution in [3.05, 3.63) is 69.7 Å². The maximum Gasteiger partial charge on any atom is 0.416 e. The second-order valence-electron chi connectivity index (χ2n) is 5.76. The van der Waals surface area contributed by atoms with Gasteiger partial charge in [0.25, 0.3) is 5.91 Å². The van der Waals surface area contributed by atoms with Crippen LogP contribution in [-0.4, -0.2) is 28.1 Å². The van der Waals surface area contributed by atoms with Crippen molar-refractivity contribution in [2.75, 3.05) is 0 Å². The molecule has 0 saturated heterocycles. The van der Waals surface area contributed by atoms with Crippen LogP contribution in [0.1, 0.15) is 22.8 Å². The van der Waals surface area contributed by atoms with Crippen LogP contribution in [0, 0.1) is 0 Å². The number of halogens is 4. The van der Waals surface area contributed by atoms with Crippen molar-refractivity contribution in [2.45, 2.75) is 24.7 Å². The second kappa shape index (κ2) is 8.53. The number of nitrogens with one attached hydrogen (secondary N) is 1. The summed E-state index contributed by atoms with van der Waals surface area (Å²) in [5.74, 6) is -2.32. The molecule has 3 N–H and O–H groups in total. The first-order valence-corrected chi connectivity index (χ1v) is 8.50. The van der Waals surface area contributed by atoms with Gasteiger partial charge >= 0.3 is 12.1 Å². The Morgan fingerprint density at radius 2 is 1.74 bits per heavy atom. The molecule has 0 heterocycles. The van der Waals surface area contributed by atoms with Gasteiger partial charge in [-0.05, 0) is 35.4 Å².